The summed E-state index contributed by atoms with van der Waals surface area (Å²) in [5, 5.41) is 8.96. The number of hydrogen-bond donors (Lipinski definition) is 1. The average Bonchev–Trinajstić information content (AvgIpc) is 2.42. The number of ether oxygens (including phenoxy) is 1. The first kappa shape index (κ1) is 13.9. The Morgan fingerprint density at radius 2 is 1.65 bits per heavy atom. The lowest BCUT2D eigenvalue weighted by Gasteiger charge is -2.08. The quantitative estimate of drug-likeness (QED) is 0.877. The molecule has 0 aromatic heterocycles. The molecule has 0 fully saturated rings. The van der Waals surface area contributed by atoms with Crippen LogP contribution < -0.4 is 4.74 Å². The molecule has 2 aromatic carbocycles. The van der Waals surface area contributed by atoms with Gasteiger partial charge in [-0.25, -0.2) is 18.0 Å². The van der Waals surface area contributed by atoms with Crippen molar-refractivity contribution in [2.75, 3.05) is 7.11 Å². The normalized spacial score (nSPS) is 10.4. The van der Waals surface area contributed by atoms with Crippen molar-refractivity contribution in [1.29, 1.82) is 0 Å². The lowest BCUT2D eigenvalue weighted by atomic mass is 10.0. The van der Waals surface area contributed by atoms with E-state index in [1.807, 2.05) is 0 Å². The number of methoxy groups -OCH3 is 1. The fourth-order valence-electron chi connectivity index (χ4n) is 1.74. The molecule has 1 N–H and O–H groups in total. The fraction of sp³-hybridized carbons (Fsp3) is 0.0714. The van der Waals surface area contributed by atoms with Gasteiger partial charge in [0.1, 0.15) is 11.6 Å². The summed E-state index contributed by atoms with van der Waals surface area (Å²) in [6, 6.07) is 4.81. The highest BCUT2D eigenvalue weighted by Crippen LogP contribution is 2.29. The number of carboxylic acid groups (broad SMARTS) is 1. The Kier molecular flexibility index (Phi) is 3.65. The van der Waals surface area contributed by atoms with Crippen LogP contribution in [0, 0.1) is 17.5 Å². The maximum Gasteiger partial charge on any atom is 0.335 e. The molecule has 0 spiro atoms. The zero-order chi connectivity index (χ0) is 14.9. The van der Waals surface area contributed by atoms with Crippen molar-refractivity contribution in [3.05, 3.63) is 53.3 Å². The van der Waals surface area contributed by atoms with E-state index in [4.69, 9.17) is 9.84 Å². The molecule has 0 atom stereocenters. The minimum Gasteiger partial charge on any atom is -0.497 e. The molecule has 0 aliphatic rings. The monoisotopic (exact) mass is 282 g/mol. The molecule has 0 amide bonds. The maximum absolute atomic E-state index is 13.7. The van der Waals surface area contributed by atoms with Crippen LogP contribution in [-0.4, -0.2) is 18.2 Å². The van der Waals surface area contributed by atoms with E-state index >= 15 is 0 Å². The van der Waals surface area contributed by atoms with Crippen LogP contribution in [0.3, 0.4) is 0 Å². The van der Waals surface area contributed by atoms with Gasteiger partial charge in [0.2, 0.25) is 0 Å². The summed E-state index contributed by atoms with van der Waals surface area (Å²) in [6.07, 6.45) is 0. The zero-order valence-electron chi connectivity index (χ0n) is 10.3. The SMILES string of the molecule is COc1cc(C(=O)O)cc(-c2cc(F)c(F)cc2F)c1. The number of rotatable bonds is 3. The molecule has 0 saturated heterocycles. The molecule has 104 valence electrons. The molecule has 2 aromatic rings. The zero-order valence-corrected chi connectivity index (χ0v) is 10.3. The van der Waals surface area contributed by atoms with Crippen LogP contribution in [0.25, 0.3) is 11.1 Å². The van der Waals surface area contributed by atoms with Gasteiger partial charge in [-0.05, 0) is 29.8 Å². The number of hydrogen-bond acceptors (Lipinski definition) is 2. The van der Waals surface area contributed by atoms with E-state index in [1.165, 1.54) is 19.2 Å². The molecular weight excluding hydrogens is 273 g/mol. The third-order valence-electron chi connectivity index (χ3n) is 2.71. The van der Waals surface area contributed by atoms with Crippen LogP contribution in [0.15, 0.2) is 30.3 Å². The van der Waals surface area contributed by atoms with E-state index in [-0.39, 0.29) is 22.4 Å². The van der Waals surface area contributed by atoms with Gasteiger partial charge in [-0.1, -0.05) is 0 Å². The summed E-state index contributed by atoms with van der Waals surface area (Å²) < 4.78 is 44.7. The molecule has 6 heteroatoms. The van der Waals surface area contributed by atoms with Crippen molar-refractivity contribution in [3.8, 4) is 16.9 Å². The summed E-state index contributed by atoms with van der Waals surface area (Å²) in [4.78, 5) is 11.0. The molecular formula is C14H9F3O3. The minimum absolute atomic E-state index is 0.0816. The summed E-state index contributed by atoms with van der Waals surface area (Å²) in [7, 11) is 1.31. The predicted molar refractivity (Wildman–Crippen MR) is 65.3 cm³/mol. The lowest BCUT2D eigenvalue weighted by Crippen LogP contribution is -1.99. The Morgan fingerprint density at radius 3 is 2.25 bits per heavy atom. The number of aromatic carboxylic acids is 1. The van der Waals surface area contributed by atoms with Crippen LogP contribution >= 0.6 is 0 Å². The van der Waals surface area contributed by atoms with Crippen LogP contribution in [0.5, 0.6) is 5.75 Å². The van der Waals surface area contributed by atoms with E-state index in [1.54, 1.807) is 0 Å². The fourth-order valence-corrected chi connectivity index (χ4v) is 1.74. The van der Waals surface area contributed by atoms with Crippen molar-refractivity contribution >= 4 is 5.97 Å². The van der Waals surface area contributed by atoms with E-state index in [2.05, 4.69) is 0 Å². The molecule has 0 unspecified atom stereocenters. The maximum atomic E-state index is 13.7. The van der Waals surface area contributed by atoms with Crippen LogP contribution in [0.2, 0.25) is 0 Å². The largest absolute Gasteiger partial charge is 0.497 e. The summed E-state index contributed by atoms with van der Waals surface area (Å²) in [5.41, 5.74) is -0.313. The molecule has 0 saturated carbocycles. The average molecular weight is 282 g/mol. The first-order chi connectivity index (χ1) is 9.42. The first-order valence-corrected chi connectivity index (χ1v) is 5.49. The second-order valence-corrected chi connectivity index (χ2v) is 4.00. The van der Waals surface area contributed by atoms with Gasteiger partial charge in [-0.2, -0.15) is 0 Å². The van der Waals surface area contributed by atoms with Gasteiger partial charge in [0.25, 0.3) is 0 Å². The molecule has 3 nitrogen and oxygen atoms in total. The van der Waals surface area contributed by atoms with Crippen molar-refractivity contribution in [2.24, 2.45) is 0 Å². The molecule has 0 radical (unpaired) electrons. The summed E-state index contributed by atoms with van der Waals surface area (Å²) >= 11 is 0. The van der Waals surface area contributed by atoms with Crippen LogP contribution in [-0.2, 0) is 0 Å². The van der Waals surface area contributed by atoms with Crippen LogP contribution in [0.1, 0.15) is 10.4 Å². The molecule has 2 rings (SSSR count). The minimum atomic E-state index is -1.31. The Hall–Kier alpha value is -2.50. The van der Waals surface area contributed by atoms with Gasteiger partial charge in [0, 0.05) is 11.6 Å². The van der Waals surface area contributed by atoms with Gasteiger partial charge < -0.3 is 9.84 Å². The van der Waals surface area contributed by atoms with Gasteiger partial charge in [0.05, 0.1) is 12.7 Å². The second kappa shape index (κ2) is 5.24. The first-order valence-electron chi connectivity index (χ1n) is 5.49. The molecule has 0 bridgehead atoms. The van der Waals surface area contributed by atoms with Crippen LogP contribution in [0.4, 0.5) is 13.2 Å². The van der Waals surface area contributed by atoms with Crippen molar-refractivity contribution in [1.82, 2.24) is 0 Å². The van der Waals surface area contributed by atoms with E-state index in [9.17, 15) is 18.0 Å². The van der Waals surface area contributed by atoms with E-state index in [0.29, 0.717) is 12.1 Å². The van der Waals surface area contributed by atoms with Gasteiger partial charge in [0.15, 0.2) is 11.6 Å². The molecule has 0 aliphatic carbocycles. The van der Waals surface area contributed by atoms with Gasteiger partial charge in [-0.15, -0.1) is 0 Å². The van der Waals surface area contributed by atoms with Gasteiger partial charge >= 0.3 is 5.97 Å². The molecule has 20 heavy (non-hydrogen) atoms. The van der Waals surface area contributed by atoms with Crippen molar-refractivity contribution in [3.63, 3.8) is 0 Å². The highest BCUT2D eigenvalue weighted by Gasteiger charge is 2.15. The second-order valence-electron chi connectivity index (χ2n) is 4.00. The van der Waals surface area contributed by atoms with E-state index in [0.717, 1.165) is 6.07 Å². The standard InChI is InChI=1S/C14H9F3O3/c1-20-9-3-7(2-8(4-9)14(18)19)10-5-12(16)13(17)6-11(10)15/h2-6H,1H3,(H,18,19). The van der Waals surface area contributed by atoms with Gasteiger partial charge in [-0.3, -0.25) is 0 Å². The topological polar surface area (TPSA) is 46.5 Å². The van der Waals surface area contributed by atoms with Crippen molar-refractivity contribution < 1.29 is 27.8 Å². The lowest BCUT2D eigenvalue weighted by molar-refractivity contribution is 0.0696. The Morgan fingerprint density at radius 1 is 1.00 bits per heavy atom. The number of benzene rings is 2. The smallest absolute Gasteiger partial charge is 0.335 e. The Bertz CT molecular complexity index is 684. The highest BCUT2D eigenvalue weighted by atomic mass is 19.2. The van der Waals surface area contributed by atoms with Crippen molar-refractivity contribution in [2.45, 2.75) is 0 Å². The van der Waals surface area contributed by atoms with E-state index < -0.39 is 23.4 Å². The number of carbonyl (C=O) groups is 1. The molecule has 0 aliphatic heterocycles. The number of carboxylic acids is 1. The molecule has 0 heterocycles. The highest BCUT2D eigenvalue weighted by molar-refractivity contribution is 5.90. The predicted octanol–water partition coefficient (Wildman–Crippen LogP) is 3.48. The Balaban J connectivity index is 2.66. The summed E-state index contributed by atoms with van der Waals surface area (Å²) in [6.45, 7) is 0. The third-order valence-corrected chi connectivity index (χ3v) is 2.71. The summed E-state index contributed by atoms with van der Waals surface area (Å²) in [5.74, 6) is -4.60. The number of halogens is 3. The Labute approximate surface area is 112 Å². The third kappa shape index (κ3) is 2.59.